The lowest BCUT2D eigenvalue weighted by molar-refractivity contribution is 0.403. The van der Waals surface area contributed by atoms with Crippen molar-refractivity contribution in [3.63, 3.8) is 0 Å². The Balaban J connectivity index is 2.36. The Morgan fingerprint density at radius 1 is 1.30 bits per heavy atom. The van der Waals surface area contributed by atoms with Gasteiger partial charge in [0.25, 0.3) is 0 Å². The Morgan fingerprint density at radius 3 is 2.55 bits per heavy atom. The number of hydrogen-bond donors (Lipinski definition) is 0. The molecule has 0 saturated carbocycles. The largest absolute Gasteiger partial charge is 0.243 e. The van der Waals surface area contributed by atoms with E-state index in [1.54, 1.807) is 36.6 Å². The Bertz CT molecular complexity index is 696. The monoisotopic (exact) mass is 373 g/mol. The van der Waals surface area contributed by atoms with Crippen molar-refractivity contribution < 1.29 is 8.42 Å². The smallest absolute Gasteiger partial charge is 0.207 e. The van der Waals surface area contributed by atoms with Gasteiger partial charge in [-0.25, -0.2) is 8.42 Å². The van der Waals surface area contributed by atoms with Crippen LogP contribution < -0.4 is 0 Å². The summed E-state index contributed by atoms with van der Waals surface area (Å²) in [6, 6.07) is 8.80. The second-order valence-corrected chi connectivity index (χ2v) is 8.45. The number of nitrogens with zero attached hydrogens (tertiary/aromatic N) is 1. The van der Waals surface area contributed by atoms with Crippen LogP contribution >= 0.6 is 27.3 Å². The fraction of sp³-hybridized carbons (Fsp3) is 0.286. The van der Waals surface area contributed by atoms with E-state index in [0.717, 1.165) is 14.9 Å². The molecule has 0 aliphatic carbocycles. The van der Waals surface area contributed by atoms with Crippen molar-refractivity contribution in [2.24, 2.45) is 0 Å². The molecule has 0 amide bonds. The molecule has 2 aromatic rings. The van der Waals surface area contributed by atoms with E-state index >= 15 is 0 Å². The lowest BCUT2D eigenvalue weighted by atomic mass is 10.2. The molecule has 1 unspecified atom stereocenters. The molecule has 0 fully saturated rings. The summed E-state index contributed by atoms with van der Waals surface area (Å²) in [5, 5.41) is 1.95. The van der Waals surface area contributed by atoms with Crippen molar-refractivity contribution in [2.45, 2.75) is 24.8 Å². The zero-order valence-corrected chi connectivity index (χ0v) is 14.7. The molecule has 1 heterocycles. The highest BCUT2D eigenvalue weighted by Gasteiger charge is 2.27. The van der Waals surface area contributed by atoms with Crippen LogP contribution in [0.15, 0.2) is 45.1 Å². The van der Waals surface area contributed by atoms with Gasteiger partial charge in [-0.15, -0.1) is 11.3 Å². The van der Waals surface area contributed by atoms with Crippen LogP contribution in [0.5, 0.6) is 0 Å². The van der Waals surface area contributed by atoms with Gasteiger partial charge in [0.2, 0.25) is 10.0 Å². The average Bonchev–Trinajstić information content (AvgIpc) is 2.94. The van der Waals surface area contributed by atoms with Gasteiger partial charge in [0, 0.05) is 16.4 Å². The van der Waals surface area contributed by atoms with E-state index in [4.69, 9.17) is 0 Å². The Kier molecular flexibility index (Phi) is 4.69. The van der Waals surface area contributed by atoms with Gasteiger partial charge in [-0.05, 0) is 49.1 Å². The summed E-state index contributed by atoms with van der Waals surface area (Å²) < 4.78 is 27.6. The third-order valence-electron chi connectivity index (χ3n) is 3.31. The number of benzene rings is 1. The van der Waals surface area contributed by atoms with Crippen LogP contribution in [0.25, 0.3) is 0 Å². The van der Waals surface area contributed by atoms with Crippen LogP contribution in [0, 0.1) is 6.92 Å². The van der Waals surface area contributed by atoms with E-state index in [9.17, 15) is 8.42 Å². The summed E-state index contributed by atoms with van der Waals surface area (Å²) in [7, 11) is -1.86. The van der Waals surface area contributed by atoms with E-state index in [-0.39, 0.29) is 6.04 Å². The summed E-state index contributed by atoms with van der Waals surface area (Å²) in [6.45, 7) is 3.78. The minimum absolute atomic E-state index is 0.177. The Hall–Kier alpha value is -0.690. The van der Waals surface area contributed by atoms with Crippen LogP contribution in [0.1, 0.15) is 23.4 Å². The number of sulfonamides is 1. The molecule has 3 nitrogen and oxygen atoms in total. The molecular weight excluding hydrogens is 358 g/mol. The number of rotatable bonds is 4. The molecule has 0 spiro atoms. The summed E-state index contributed by atoms with van der Waals surface area (Å²) in [5.74, 6) is 0. The predicted molar refractivity (Wildman–Crippen MR) is 86.6 cm³/mol. The average molecular weight is 374 g/mol. The number of thiophene rings is 1. The molecule has 2 rings (SSSR count). The summed E-state index contributed by atoms with van der Waals surface area (Å²) in [4.78, 5) is 1.36. The molecule has 0 aliphatic heterocycles. The lowest BCUT2D eigenvalue weighted by Crippen LogP contribution is -2.29. The quantitative estimate of drug-likeness (QED) is 0.804. The molecule has 0 radical (unpaired) electrons. The third kappa shape index (κ3) is 2.98. The number of aryl methyl sites for hydroxylation is 1. The zero-order chi connectivity index (χ0) is 14.9. The van der Waals surface area contributed by atoms with Gasteiger partial charge < -0.3 is 0 Å². The Morgan fingerprint density at radius 2 is 2.00 bits per heavy atom. The first-order valence-electron chi connectivity index (χ1n) is 6.11. The summed E-state index contributed by atoms with van der Waals surface area (Å²) in [6.07, 6.45) is 0. The normalized spacial score (nSPS) is 13.7. The highest BCUT2D eigenvalue weighted by molar-refractivity contribution is 9.10. The number of halogens is 1. The molecule has 0 aliphatic rings. The van der Waals surface area contributed by atoms with Crippen molar-refractivity contribution >= 4 is 37.3 Å². The van der Waals surface area contributed by atoms with Crippen LogP contribution in [0.2, 0.25) is 0 Å². The van der Waals surface area contributed by atoms with Gasteiger partial charge >= 0.3 is 0 Å². The summed E-state index contributed by atoms with van der Waals surface area (Å²) >= 11 is 4.95. The highest BCUT2D eigenvalue weighted by Crippen LogP contribution is 2.29. The van der Waals surface area contributed by atoms with Gasteiger partial charge in [-0.3, -0.25) is 0 Å². The van der Waals surface area contributed by atoms with Gasteiger partial charge in [0.15, 0.2) is 0 Å². The first-order chi connectivity index (χ1) is 9.34. The van der Waals surface area contributed by atoms with E-state index in [1.165, 1.54) is 4.31 Å². The molecule has 108 valence electrons. The molecular formula is C14H16BrNO2S2. The van der Waals surface area contributed by atoms with Crippen LogP contribution in [0.4, 0.5) is 0 Å². The van der Waals surface area contributed by atoms with Gasteiger partial charge in [0.1, 0.15) is 0 Å². The minimum atomic E-state index is -3.48. The maximum Gasteiger partial charge on any atom is 0.243 e. The van der Waals surface area contributed by atoms with E-state index in [1.807, 2.05) is 31.4 Å². The van der Waals surface area contributed by atoms with Crippen LogP contribution in [-0.2, 0) is 10.0 Å². The van der Waals surface area contributed by atoms with Crippen molar-refractivity contribution in [1.29, 1.82) is 0 Å². The van der Waals surface area contributed by atoms with Crippen molar-refractivity contribution in [3.8, 4) is 0 Å². The molecule has 1 atom stereocenters. The Labute approximate surface area is 132 Å². The van der Waals surface area contributed by atoms with E-state index in [0.29, 0.717) is 4.90 Å². The van der Waals surface area contributed by atoms with Gasteiger partial charge in [0.05, 0.1) is 10.9 Å². The highest BCUT2D eigenvalue weighted by atomic mass is 79.9. The second kappa shape index (κ2) is 5.97. The standard InChI is InChI=1S/C14H16BrNO2S2/c1-10-9-12(6-7-13(10)15)20(17,18)16(3)11(2)14-5-4-8-19-14/h4-9,11H,1-3H3. The molecule has 0 N–H and O–H groups in total. The third-order valence-corrected chi connectivity index (χ3v) is 7.16. The van der Waals surface area contributed by atoms with Crippen LogP contribution in [-0.4, -0.2) is 19.8 Å². The fourth-order valence-electron chi connectivity index (χ4n) is 1.86. The maximum absolute atomic E-state index is 12.6. The maximum atomic E-state index is 12.6. The molecule has 0 bridgehead atoms. The minimum Gasteiger partial charge on any atom is -0.207 e. The van der Waals surface area contributed by atoms with Crippen LogP contribution in [0.3, 0.4) is 0 Å². The first kappa shape index (κ1) is 15.7. The van der Waals surface area contributed by atoms with Crippen molar-refractivity contribution in [3.05, 3.63) is 50.6 Å². The van der Waals surface area contributed by atoms with Crippen molar-refractivity contribution in [2.75, 3.05) is 7.05 Å². The van der Waals surface area contributed by atoms with Gasteiger partial charge in [-0.1, -0.05) is 22.0 Å². The molecule has 6 heteroatoms. The van der Waals surface area contributed by atoms with E-state index < -0.39 is 10.0 Å². The van der Waals surface area contributed by atoms with Crippen molar-refractivity contribution in [1.82, 2.24) is 4.31 Å². The molecule has 1 aromatic heterocycles. The topological polar surface area (TPSA) is 37.4 Å². The predicted octanol–water partition coefficient (Wildman–Crippen LogP) is 4.20. The fourth-order valence-corrected chi connectivity index (χ4v) is 4.43. The zero-order valence-electron chi connectivity index (χ0n) is 11.5. The SMILES string of the molecule is Cc1cc(S(=O)(=O)N(C)C(C)c2cccs2)ccc1Br. The van der Waals surface area contributed by atoms with E-state index in [2.05, 4.69) is 15.9 Å². The molecule has 0 saturated heterocycles. The second-order valence-electron chi connectivity index (χ2n) is 4.62. The lowest BCUT2D eigenvalue weighted by Gasteiger charge is -2.23. The molecule has 20 heavy (non-hydrogen) atoms. The summed E-state index contributed by atoms with van der Waals surface area (Å²) in [5.41, 5.74) is 0.906. The molecule has 1 aromatic carbocycles. The number of hydrogen-bond acceptors (Lipinski definition) is 3. The first-order valence-corrected chi connectivity index (χ1v) is 9.23. The van der Waals surface area contributed by atoms with Gasteiger partial charge in [-0.2, -0.15) is 4.31 Å².